The molecule has 3 rings (SSSR count). The molecule has 1 aromatic carbocycles. The van der Waals surface area contributed by atoms with E-state index in [4.69, 9.17) is 0 Å². The van der Waals surface area contributed by atoms with Crippen LogP contribution in [0, 0.1) is 0 Å². The first-order chi connectivity index (χ1) is 9.72. The number of rotatable bonds is 3. The van der Waals surface area contributed by atoms with E-state index in [0.29, 0.717) is 0 Å². The van der Waals surface area contributed by atoms with Gasteiger partial charge in [-0.3, -0.25) is 4.79 Å². The molecule has 0 atom stereocenters. The highest BCUT2D eigenvalue weighted by Gasteiger charge is 2.15. The molecule has 0 fully saturated rings. The van der Waals surface area contributed by atoms with E-state index in [2.05, 4.69) is 33.0 Å². The number of aromatic amines is 1. The SMILES string of the molecule is O=c1cc2c(c(SCc3cccc(Br)c3)[nH]1)CCCC2. The van der Waals surface area contributed by atoms with Gasteiger partial charge in [0.05, 0.1) is 5.03 Å². The van der Waals surface area contributed by atoms with Crippen molar-refractivity contribution in [2.75, 3.05) is 0 Å². The Hall–Kier alpha value is -1.00. The number of aromatic nitrogens is 1. The van der Waals surface area contributed by atoms with Crippen molar-refractivity contribution in [1.29, 1.82) is 0 Å². The van der Waals surface area contributed by atoms with Crippen LogP contribution < -0.4 is 5.56 Å². The Balaban J connectivity index is 1.84. The van der Waals surface area contributed by atoms with E-state index >= 15 is 0 Å². The van der Waals surface area contributed by atoms with Gasteiger partial charge in [-0.2, -0.15) is 0 Å². The molecule has 20 heavy (non-hydrogen) atoms. The molecule has 2 aromatic rings. The molecule has 2 nitrogen and oxygen atoms in total. The van der Waals surface area contributed by atoms with E-state index in [-0.39, 0.29) is 5.56 Å². The second-order valence-corrected chi connectivity index (χ2v) is 6.99. The molecule has 0 unspecified atom stereocenters. The van der Waals surface area contributed by atoms with E-state index in [0.717, 1.165) is 28.1 Å². The van der Waals surface area contributed by atoms with Gasteiger partial charge in [0.2, 0.25) is 5.56 Å². The second-order valence-electron chi connectivity index (χ2n) is 5.09. The lowest BCUT2D eigenvalue weighted by Gasteiger charge is -2.18. The van der Waals surface area contributed by atoms with Crippen LogP contribution in [-0.2, 0) is 18.6 Å². The van der Waals surface area contributed by atoms with Crippen molar-refractivity contribution in [1.82, 2.24) is 4.98 Å². The highest BCUT2D eigenvalue weighted by atomic mass is 79.9. The van der Waals surface area contributed by atoms with Crippen LogP contribution in [0.15, 0.2) is 44.6 Å². The van der Waals surface area contributed by atoms with Crippen LogP contribution in [0.1, 0.15) is 29.5 Å². The van der Waals surface area contributed by atoms with Gasteiger partial charge in [0.15, 0.2) is 0 Å². The topological polar surface area (TPSA) is 32.9 Å². The van der Waals surface area contributed by atoms with Crippen LogP contribution in [0.25, 0.3) is 0 Å². The van der Waals surface area contributed by atoms with E-state index < -0.39 is 0 Å². The molecule has 0 saturated carbocycles. The molecule has 1 aliphatic rings. The average molecular weight is 350 g/mol. The van der Waals surface area contributed by atoms with Crippen molar-refractivity contribution in [3.05, 3.63) is 61.8 Å². The molecular weight excluding hydrogens is 334 g/mol. The summed E-state index contributed by atoms with van der Waals surface area (Å²) in [4.78, 5) is 14.8. The van der Waals surface area contributed by atoms with Crippen molar-refractivity contribution in [3.8, 4) is 0 Å². The summed E-state index contributed by atoms with van der Waals surface area (Å²) in [5.41, 5.74) is 3.90. The van der Waals surface area contributed by atoms with Gasteiger partial charge >= 0.3 is 0 Å². The molecular formula is C16H16BrNOS. The molecule has 0 spiro atoms. The summed E-state index contributed by atoms with van der Waals surface area (Å²) in [5.74, 6) is 0.881. The minimum absolute atomic E-state index is 0.0300. The number of nitrogens with one attached hydrogen (secondary N) is 1. The number of thioether (sulfide) groups is 1. The number of pyridine rings is 1. The van der Waals surface area contributed by atoms with Gasteiger partial charge in [0, 0.05) is 16.3 Å². The number of fused-ring (bicyclic) bond motifs is 1. The fourth-order valence-electron chi connectivity index (χ4n) is 2.63. The summed E-state index contributed by atoms with van der Waals surface area (Å²) in [6, 6.07) is 10.1. The lowest BCUT2D eigenvalue weighted by Crippen LogP contribution is -2.14. The first kappa shape index (κ1) is 14.0. The van der Waals surface area contributed by atoms with Gasteiger partial charge in [-0.1, -0.05) is 28.1 Å². The summed E-state index contributed by atoms with van der Waals surface area (Å²) in [7, 11) is 0. The predicted octanol–water partition coefficient (Wildman–Crippen LogP) is 4.31. The van der Waals surface area contributed by atoms with Crippen molar-refractivity contribution < 1.29 is 0 Å². The Morgan fingerprint density at radius 1 is 1.20 bits per heavy atom. The van der Waals surface area contributed by atoms with Gasteiger partial charge < -0.3 is 4.98 Å². The average Bonchev–Trinajstić information content (AvgIpc) is 2.44. The first-order valence-electron chi connectivity index (χ1n) is 6.85. The smallest absolute Gasteiger partial charge is 0.249 e. The molecule has 1 heterocycles. The van der Waals surface area contributed by atoms with Crippen LogP contribution in [0.3, 0.4) is 0 Å². The van der Waals surface area contributed by atoms with Crippen molar-refractivity contribution >= 4 is 27.7 Å². The maximum Gasteiger partial charge on any atom is 0.249 e. The van der Waals surface area contributed by atoms with Crippen LogP contribution in [-0.4, -0.2) is 4.98 Å². The maximum atomic E-state index is 11.8. The lowest BCUT2D eigenvalue weighted by atomic mass is 9.93. The molecule has 0 radical (unpaired) electrons. The zero-order valence-electron chi connectivity index (χ0n) is 11.1. The van der Waals surface area contributed by atoms with Crippen LogP contribution >= 0.6 is 27.7 Å². The molecule has 0 amide bonds. The van der Waals surface area contributed by atoms with E-state index in [9.17, 15) is 4.79 Å². The molecule has 0 aliphatic heterocycles. The number of halogens is 1. The zero-order valence-corrected chi connectivity index (χ0v) is 13.5. The second kappa shape index (κ2) is 6.19. The minimum Gasteiger partial charge on any atom is -0.317 e. The van der Waals surface area contributed by atoms with E-state index in [1.807, 2.05) is 12.1 Å². The Kier molecular flexibility index (Phi) is 4.32. The quantitative estimate of drug-likeness (QED) is 0.837. The number of benzene rings is 1. The highest BCUT2D eigenvalue weighted by Crippen LogP contribution is 2.30. The molecule has 0 saturated heterocycles. The van der Waals surface area contributed by atoms with Crippen molar-refractivity contribution in [2.45, 2.75) is 36.5 Å². The third-order valence-electron chi connectivity index (χ3n) is 3.60. The molecule has 1 aliphatic carbocycles. The van der Waals surface area contributed by atoms with Crippen molar-refractivity contribution in [3.63, 3.8) is 0 Å². The normalized spacial score (nSPS) is 14.1. The summed E-state index contributed by atoms with van der Waals surface area (Å²) in [5, 5.41) is 1.06. The van der Waals surface area contributed by atoms with E-state index in [1.165, 1.54) is 29.5 Å². The number of hydrogen-bond acceptors (Lipinski definition) is 2. The maximum absolute atomic E-state index is 11.8. The summed E-state index contributed by atoms with van der Waals surface area (Å²) in [6.45, 7) is 0. The van der Waals surface area contributed by atoms with Gasteiger partial charge in [-0.15, -0.1) is 11.8 Å². The van der Waals surface area contributed by atoms with Crippen molar-refractivity contribution in [2.24, 2.45) is 0 Å². The minimum atomic E-state index is 0.0300. The first-order valence-corrected chi connectivity index (χ1v) is 8.62. The van der Waals surface area contributed by atoms with E-state index in [1.54, 1.807) is 17.8 Å². The Morgan fingerprint density at radius 2 is 2.05 bits per heavy atom. The molecule has 104 valence electrons. The van der Waals surface area contributed by atoms with Gasteiger partial charge in [-0.25, -0.2) is 0 Å². The summed E-state index contributed by atoms with van der Waals surface area (Å²) in [6.07, 6.45) is 4.56. The number of hydrogen-bond donors (Lipinski definition) is 1. The Labute approximate surface area is 131 Å². The van der Waals surface area contributed by atoms with Crippen LogP contribution in [0.5, 0.6) is 0 Å². The van der Waals surface area contributed by atoms with Crippen LogP contribution in [0.4, 0.5) is 0 Å². The largest absolute Gasteiger partial charge is 0.317 e. The molecule has 0 bridgehead atoms. The molecule has 1 aromatic heterocycles. The summed E-state index contributed by atoms with van der Waals surface area (Å²) >= 11 is 5.23. The number of aryl methyl sites for hydroxylation is 1. The van der Waals surface area contributed by atoms with Gasteiger partial charge in [0.1, 0.15) is 0 Å². The highest BCUT2D eigenvalue weighted by molar-refractivity contribution is 9.10. The van der Waals surface area contributed by atoms with Gasteiger partial charge in [-0.05, 0) is 54.5 Å². The van der Waals surface area contributed by atoms with Gasteiger partial charge in [0.25, 0.3) is 0 Å². The predicted molar refractivity (Wildman–Crippen MR) is 87.4 cm³/mol. The zero-order chi connectivity index (χ0) is 13.9. The van der Waals surface area contributed by atoms with Crippen LogP contribution in [0.2, 0.25) is 0 Å². The summed E-state index contributed by atoms with van der Waals surface area (Å²) < 4.78 is 1.10. The fraction of sp³-hybridized carbons (Fsp3) is 0.312. The monoisotopic (exact) mass is 349 g/mol. The third-order valence-corrected chi connectivity index (χ3v) is 5.21. The fourth-order valence-corrected chi connectivity index (χ4v) is 4.15. The Bertz CT molecular complexity index is 680. The molecule has 4 heteroatoms. The standard InChI is InChI=1S/C16H16BrNOS/c17-13-6-3-4-11(8-13)10-20-16-14-7-2-1-5-12(14)9-15(19)18-16/h3-4,6,8-9H,1-2,5,7,10H2,(H,18,19). The molecule has 1 N–H and O–H groups in total. The number of H-pyrrole nitrogens is 1. The third kappa shape index (κ3) is 3.18. The Morgan fingerprint density at radius 3 is 2.90 bits per heavy atom. The lowest BCUT2D eigenvalue weighted by molar-refractivity contribution is 0.665.